The molecule has 1 aliphatic heterocycles. The predicted molar refractivity (Wildman–Crippen MR) is 122 cm³/mol. The molecule has 168 valence electrons. The molecule has 0 unspecified atom stereocenters. The summed E-state index contributed by atoms with van der Waals surface area (Å²) in [4.78, 5) is 22.9. The summed E-state index contributed by atoms with van der Waals surface area (Å²) in [5.41, 5.74) is 2.71. The van der Waals surface area contributed by atoms with E-state index in [0.29, 0.717) is 23.4 Å². The fraction of sp³-hybridized carbons (Fsp3) is 0.167. The summed E-state index contributed by atoms with van der Waals surface area (Å²) in [7, 11) is 2.83. The Bertz CT molecular complexity index is 1220. The summed E-state index contributed by atoms with van der Waals surface area (Å²) in [6.07, 6.45) is 0.427. The molecule has 1 aliphatic rings. The molecule has 1 atom stereocenters. The Kier molecular flexibility index (Phi) is 5.95. The fourth-order valence-electron chi connectivity index (χ4n) is 3.96. The molecule has 4 rings (SSSR count). The van der Waals surface area contributed by atoms with Gasteiger partial charge in [0.1, 0.15) is 5.56 Å². The molecule has 0 saturated carbocycles. The third-order valence-corrected chi connectivity index (χ3v) is 5.49. The highest BCUT2D eigenvalue weighted by molar-refractivity contribution is 6.04. The molecule has 33 heavy (non-hydrogen) atoms. The predicted octanol–water partition coefficient (Wildman–Crippen LogP) is 4.67. The van der Waals surface area contributed by atoms with Crippen LogP contribution in [0.15, 0.2) is 71.8 Å². The number of methoxy groups -OCH3 is 2. The number of nitrogens with zero attached hydrogens (tertiary/aromatic N) is 3. The van der Waals surface area contributed by atoms with E-state index in [2.05, 4.69) is 0 Å². The van der Waals surface area contributed by atoms with Crippen LogP contribution in [0.25, 0.3) is 0 Å². The second kappa shape index (κ2) is 8.99. The molecule has 0 spiro atoms. The Balaban J connectivity index is 1.86. The molecule has 0 fully saturated rings. The van der Waals surface area contributed by atoms with Gasteiger partial charge in [-0.3, -0.25) is 15.1 Å². The van der Waals surface area contributed by atoms with Crippen molar-refractivity contribution in [1.29, 1.82) is 0 Å². The average molecular weight is 447 g/mol. The van der Waals surface area contributed by atoms with Crippen molar-refractivity contribution in [2.24, 2.45) is 5.10 Å². The van der Waals surface area contributed by atoms with Crippen LogP contribution in [-0.2, 0) is 0 Å². The van der Waals surface area contributed by atoms with Crippen LogP contribution in [-0.4, -0.2) is 35.9 Å². The lowest BCUT2D eigenvalue weighted by Gasteiger charge is -2.26. The van der Waals surface area contributed by atoms with Crippen LogP contribution in [0.5, 0.6) is 11.5 Å². The maximum atomic E-state index is 12.3. The van der Waals surface area contributed by atoms with Crippen LogP contribution in [0.1, 0.15) is 33.9 Å². The lowest BCUT2D eigenvalue weighted by Crippen LogP contribution is -2.21. The van der Waals surface area contributed by atoms with Gasteiger partial charge in [0.2, 0.25) is 0 Å². The Morgan fingerprint density at radius 3 is 2.33 bits per heavy atom. The molecule has 3 aromatic rings. The molecule has 9 nitrogen and oxygen atoms in total. The Morgan fingerprint density at radius 2 is 1.76 bits per heavy atom. The van der Waals surface area contributed by atoms with Crippen LogP contribution in [0.3, 0.4) is 0 Å². The number of rotatable bonds is 7. The maximum Gasteiger partial charge on any atom is 0.339 e. The lowest BCUT2D eigenvalue weighted by molar-refractivity contribution is -0.384. The van der Waals surface area contributed by atoms with Crippen molar-refractivity contribution in [3.05, 3.63) is 93.5 Å². The summed E-state index contributed by atoms with van der Waals surface area (Å²) >= 11 is 0. The minimum absolute atomic E-state index is 0.0155. The normalized spacial score (nSPS) is 15.2. The number of non-ortho nitro benzene ring substituents is 1. The van der Waals surface area contributed by atoms with E-state index in [4.69, 9.17) is 14.6 Å². The van der Waals surface area contributed by atoms with E-state index in [1.54, 1.807) is 29.3 Å². The minimum Gasteiger partial charge on any atom is -0.493 e. The van der Waals surface area contributed by atoms with Crippen LogP contribution >= 0.6 is 0 Å². The largest absolute Gasteiger partial charge is 0.493 e. The standard InChI is InChI=1S/C24H21N3O6/c1-32-21-13-12-18(22(24(28)29)23(21)33-2)20-14-19(15-6-4-3-5-7-15)25-26(20)16-8-10-17(11-9-16)27(30)31/h3-13,20H,14H2,1-2H3,(H,28,29)/t20-/m0/s1. The van der Waals surface area contributed by atoms with Crippen molar-refractivity contribution in [3.8, 4) is 11.5 Å². The van der Waals surface area contributed by atoms with E-state index in [0.717, 1.165) is 11.3 Å². The van der Waals surface area contributed by atoms with Gasteiger partial charge in [0.05, 0.1) is 36.6 Å². The zero-order valence-electron chi connectivity index (χ0n) is 18.0. The molecule has 1 N–H and O–H groups in total. The first kappa shape index (κ1) is 21.8. The number of carboxylic acid groups (broad SMARTS) is 1. The van der Waals surface area contributed by atoms with E-state index in [9.17, 15) is 20.0 Å². The van der Waals surface area contributed by atoms with Crippen LogP contribution < -0.4 is 14.5 Å². The summed E-state index contributed by atoms with van der Waals surface area (Å²) in [6, 6.07) is 18.4. The van der Waals surface area contributed by atoms with E-state index in [1.807, 2.05) is 30.3 Å². The Hall–Kier alpha value is -4.40. The van der Waals surface area contributed by atoms with Gasteiger partial charge in [-0.2, -0.15) is 5.10 Å². The van der Waals surface area contributed by atoms with Gasteiger partial charge < -0.3 is 14.6 Å². The molecular weight excluding hydrogens is 426 g/mol. The number of benzene rings is 3. The molecule has 0 aliphatic carbocycles. The van der Waals surface area contributed by atoms with Gasteiger partial charge >= 0.3 is 5.97 Å². The molecule has 9 heteroatoms. The number of anilines is 1. The SMILES string of the molecule is COc1ccc([C@@H]2CC(c3ccccc3)=NN2c2ccc([N+](=O)[O-])cc2)c(C(=O)O)c1OC. The average Bonchev–Trinajstić information content (AvgIpc) is 3.28. The van der Waals surface area contributed by atoms with Gasteiger partial charge in [-0.15, -0.1) is 0 Å². The molecule has 0 bridgehead atoms. The Labute approximate surface area is 189 Å². The summed E-state index contributed by atoms with van der Waals surface area (Å²) in [5.74, 6) is -0.723. The molecule has 0 aromatic heterocycles. The third-order valence-electron chi connectivity index (χ3n) is 5.49. The van der Waals surface area contributed by atoms with E-state index < -0.39 is 16.9 Å². The van der Waals surface area contributed by atoms with Gasteiger partial charge in [-0.05, 0) is 29.3 Å². The van der Waals surface area contributed by atoms with Gasteiger partial charge in [-0.25, -0.2) is 4.79 Å². The highest BCUT2D eigenvalue weighted by Crippen LogP contribution is 2.43. The topological polar surface area (TPSA) is 114 Å². The summed E-state index contributed by atoms with van der Waals surface area (Å²) < 4.78 is 10.7. The fourth-order valence-corrected chi connectivity index (χ4v) is 3.96. The van der Waals surface area contributed by atoms with Gasteiger partial charge in [-0.1, -0.05) is 36.4 Å². The highest BCUT2D eigenvalue weighted by atomic mass is 16.6. The molecule has 0 amide bonds. The second-order valence-electron chi connectivity index (χ2n) is 7.32. The third kappa shape index (κ3) is 4.08. The number of nitro groups is 1. The van der Waals surface area contributed by atoms with Crippen molar-refractivity contribution in [2.45, 2.75) is 12.5 Å². The van der Waals surface area contributed by atoms with Crippen LogP contribution in [0.4, 0.5) is 11.4 Å². The lowest BCUT2D eigenvalue weighted by atomic mass is 9.93. The highest BCUT2D eigenvalue weighted by Gasteiger charge is 2.35. The van der Waals surface area contributed by atoms with Crippen molar-refractivity contribution >= 4 is 23.1 Å². The summed E-state index contributed by atoms with van der Waals surface area (Å²) in [6.45, 7) is 0. The van der Waals surface area contributed by atoms with E-state index >= 15 is 0 Å². The maximum absolute atomic E-state index is 12.3. The number of hydrogen-bond donors (Lipinski definition) is 1. The molecular formula is C24H21N3O6. The number of ether oxygens (including phenoxy) is 2. The number of carbonyl (C=O) groups is 1. The number of hydrogen-bond acceptors (Lipinski definition) is 7. The van der Waals surface area contributed by atoms with Gasteiger partial charge in [0.25, 0.3) is 5.69 Å². The van der Waals surface area contributed by atoms with Crippen LogP contribution in [0, 0.1) is 10.1 Å². The quantitative estimate of drug-likeness (QED) is 0.414. The van der Waals surface area contributed by atoms with Crippen molar-refractivity contribution in [1.82, 2.24) is 0 Å². The first-order chi connectivity index (χ1) is 15.9. The number of aromatic carboxylic acids is 1. The first-order valence-corrected chi connectivity index (χ1v) is 10.1. The van der Waals surface area contributed by atoms with Crippen molar-refractivity contribution in [2.75, 3.05) is 19.2 Å². The molecule has 0 saturated heterocycles. The van der Waals surface area contributed by atoms with Crippen molar-refractivity contribution in [3.63, 3.8) is 0 Å². The van der Waals surface area contributed by atoms with E-state index in [1.165, 1.54) is 26.4 Å². The second-order valence-corrected chi connectivity index (χ2v) is 7.32. The van der Waals surface area contributed by atoms with Crippen molar-refractivity contribution < 1.29 is 24.3 Å². The molecule has 0 radical (unpaired) electrons. The minimum atomic E-state index is -1.16. The van der Waals surface area contributed by atoms with Crippen LogP contribution in [0.2, 0.25) is 0 Å². The zero-order valence-corrected chi connectivity index (χ0v) is 18.0. The first-order valence-electron chi connectivity index (χ1n) is 10.1. The smallest absolute Gasteiger partial charge is 0.339 e. The molecule has 1 heterocycles. The number of carboxylic acids is 1. The number of nitro benzene ring substituents is 1. The van der Waals surface area contributed by atoms with E-state index in [-0.39, 0.29) is 17.0 Å². The number of hydrazone groups is 1. The zero-order chi connectivity index (χ0) is 23.5. The Morgan fingerprint density at radius 1 is 1.06 bits per heavy atom. The molecule has 3 aromatic carbocycles. The van der Waals surface area contributed by atoms with Gasteiger partial charge in [0, 0.05) is 18.6 Å². The summed E-state index contributed by atoms with van der Waals surface area (Å²) in [5, 5.41) is 27.6. The van der Waals surface area contributed by atoms with Gasteiger partial charge in [0.15, 0.2) is 11.5 Å². The monoisotopic (exact) mass is 447 g/mol.